The van der Waals surface area contributed by atoms with Crippen LogP contribution in [0.3, 0.4) is 0 Å². The summed E-state index contributed by atoms with van der Waals surface area (Å²) >= 11 is 0. The lowest BCUT2D eigenvalue weighted by molar-refractivity contribution is -0.203. The van der Waals surface area contributed by atoms with Crippen molar-refractivity contribution in [3.05, 3.63) is 28.8 Å². The van der Waals surface area contributed by atoms with Gasteiger partial charge in [0.05, 0.1) is 22.8 Å². The molecule has 1 aromatic carbocycles. The predicted molar refractivity (Wildman–Crippen MR) is 157 cm³/mol. The summed E-state index contributed by atoms with van der Waals surface area (Å²) in [7, 11) is 0. The number of ether oxygens (including phenoxy) is 2. The fourth-order valence-corrected chi connectivity index (χ4v) is 8.55. The van der Waals surface area contributed by atoms with Gasteiger partial charge in [-0.05, 0) is 50.8 Å². The van der Waals surface area contributed by atoms with Crippen molar-refractivity contribution in [1.82, 2.24) is 25.2 Å². The maximum absolute atomic E-state index is 16.8. The lowest BCUT2D eigenvalue weighted by Gasteiger charge is -2.43. The summed E-state index contributed by atoms with van der Waals surface area (Å²) in [5, 5.41) is 2.78. The van der Waals surface area contributed by atoms with Crippen LogP contribution in [0.5, 0.6) is 11.9 Å². The van der Waals surface area contributed by atoms with Crippen molar-refractivity contribution in [2.45, 2.75) is 87.3 Å². The van der Waals surface area contributed by atoms with E-state index >= 15 is 4.39 Å². The first-order chi connectivity index (χ1) is 23.1. The van der Waals surface area contributed by atoms with Crippen LogP contribution in [0.1, 0.15) is 43.2 Å². The van der Waals surface area contributed by atoms with Gasteiger partial charge in [0.1, 0.15) is 41.0 Å². The van der Waals surface area contributed by atoms with Gasteiger partial charge in [-0.15, -0.1) is 0 Å². The van der Waals surface area contributed by atoms with Gasteiger partial charge in [-0.3, -0.25) is 4.90 Å². The lowest BCUT2D eigenvalue weighted by atomic mass is 9.95. The highest BCUT2D eigenvalue weighted by Gasteiger charge is 2.58. The van der Waals surface area contributed by atoms with Crippen LogP contribution < -0.4 is 25.4 Å². The lowest BCUT2D eigenvalue weighted by Crippen LogP contribution is -2.66. The van der Waals surface area contributed by atoms with Gasteiger partial charge >= 0.3 is 18.4 Å². The summed E-state index contributed by atoms with van der Waals surface area (Å²) in [5.74, 6) is -3.90. The molecule has 3 N–H and O–H groups in total. The Balaban J connectivity index is 1.36. The number of alkyl halides is 7. The van der Waals surface area contributed by atoms with Gasteiger partial charge in [0.15, 0.2) is 5.82 Å². The fraction of sp³-hybridized carbons (Fsp3) is 0.581. The van der Waals surface area contributed by atoms with Crippen LogP contribution in [0, 0.1) is 18.6 Å². The highest BCUT2D eigenvalue weighted by Crippen LogP contribution is 2.49. The average Bonchev–Trinajstić information content (AvgIpc) is 3.65. The van der Waals surface area contributed by atoms with E-state index in [4.69, 9.17) is 15.2 Å². The summed E-state index contributed by atoms with van der Waals surface area (Å²) in [6.07, 6.45) is -11.5. The molecule has 5 aliphatic rings. The number of nitrogens with one attached hydrogen (secondary N) is 1. The molecule has 0 unspecified atom stereocenters. The van der Waals surface area contributed by atoms with E-state index in [1.165, 1.54) is 4.90 Å². The Kier molecular flexibility index (Phi) is 7.17. The van der Waals surface area contributed by atoms with Crippen molar-refractivity contribution in [2.24, 2.45) is 0 Å². The molecule has 2 bridgehead atoms. The summed E-state index contributed by atoms with van der Waals surface area (Å²) in [5.41, 5.74) is -1.21. The third-order valence-electron chi connectivity index (χ3n) is 10.6. The molecular weight excluding hydrogens is 673 g/mol. The molecule has 264 valence electrons. The zero-order valence-electron chi connectivity index (χ0n) is 25.9. The van der Waals surface area contributed by atoms with Crippen molar-refractivity contribution < 1.29 is 49.0 Å². The molecule has 5 aliphatic heterocycles. The van der Waals surface area contributed by atoms with Gasteiger partial charge < -0.3 is 25.4 Å². The second kappa shape index (κ2) is 10.8. The minimum absolute atomic E-state index is 0.0125. The number of nitrogens with zero attached hydrogens (tertiary/aromatic N) is 5. The second-order valence-corrected chi connectivity index (χ2v) is 13.6. The van der Waals surface area contributed by atoms with Crippen LogP contribution in [0.25, 0.3) is 22.2 Å². The molecular formula is C31H30F9N7O2. The van der Waals surface area contributed by atoms with E-state index in [2.05, 4.69) is 20.3 Å². The molecule has 8 rings (SSSR count). The van der Waals surface area contributed by atoms with Crippen LogP contribution in [0.4, 0.5) is 51.0 Å². The van der Waals surface area contributed by atoms with Crippen LogP contribution in [-0.2, 0) is 6.18 Å². The molecule has 0 amide bonds. The van der Waals surface area contributed by atoms with E-state index in [0.29, 0.717) is 31.9 Å². The number of rotatable bonds is 4. The zero-order chi connectivity index (χ0) is 34.8. The van der Waals surface area contributed by atoms with Crippen molar-refractivity contribution in [3.63, 3.8) is 0 Å². The van der Waals surface area contributed by atoms with E-state index in [-0.39, 0.29) is 38.0 Å². The van der Waals surface area contributed by atoms with E-state index < -0.39 is 105 Å². The number of piperazine rings is 1. The number of anilines is 2. The number of nitrogens with two attached hydrogens (primary N) is 1. The summed E-state index contributed by atoms with van der Waals surface area (Å²) in [6, 6.07) is -2.34. The standard InChI is InChI=1S/C31H30F9N7O2/c1-12-19(30(35,36)37)15(7-16(41)20(12)33)22-21(34)23-18-26(45-28(44-23)48-11-29-5-2-6-46(29)9-13(32)8-29)47-10-14-3-4-17(42-14)24(47)25(31(38,39)40)49-27(18)43-22/h7,13-14,17,24-25,42H,2-6,8-11,41H2,1H3/t13-,14-,17+,24-,25+,29+/m1/s1. The van der Waals surface area contributed by atoms with E-state index in [1.54, 1.807) is 0 Å². The topological polar surface area (TPSA) is 102 Å². The molecule has 3 aromatic rings. The molecule has 7 heterocycles. The largest absolute Gasteiger partial charge is 0.462 e. The number of pyridine rings is 1. The molecule has 18 heteroatoms. The Morgan fingerprint density at radius 2 is 1.86 bits per heavy atom. The Bertz CT molecular complexity index is 1860. The molecule has 0 radical (unpaired) electrons. The van der Waals surface area contributed by atoms with Gasteiger partial charge in [0, 0.05) is 37.2 Å². The molecule has 4 fully saturated rings. The molecule has 0 saturated carbocycles. The molecule has 0 spiro atoms. The van der Waals surface area contributed by atoms with E-state index in [0.717, 1.165) is 13.3 Å². The van der Waals surface area contributed by atoms with Crippen LogP contribution >= 0.6 is 0 Å². The van der Waals surface area contributed by atoms with Crippen molar-refractivity contribution in [2.75, 3.05) is 36.9 Å². The first-order valence-corrected chi connectivity index (χ1v) is 15.9. The Labute approximate surface area is 272 Å². The molecule has 4 saturated heterocycles. The molecule has 49 heavy (non-hydrogen) atoms. The van der Waals surface area contributed by atoms with Crippen LogP contribution in [0.15, 0.2) is 6.07 Å². The summed E-state index contributed by atoms with van der Waals surface area (Å²) in [4.78, 5) is 15.9. The van der Waals surface area contributed by atoms with Crippen LogP contribution in [-0.4, -0.2) is 88.2 Å². The normalized spacial score (nSPS) is 29.6. The number of hydrogen-bond acceptors (Lipinski definition) is 9. The highest BCUT2D eigenvalue weighted by molar-refractivity contribution is 5.97. The van der Waals surface area contributed by atoms with Crippen molar-refractivity contribution in [3.8, 4) is 23.1 Å². The number of fused-ring (bicyclic) bond motifs is 6. The number of benzene rings is 1. The molecule has 6 atom stereocenters. The molecule has 0 aliphatic carbocycles. The first kappa shape index (κ1) is 32.4. The number of nitrogen functional groups attached to an aromatic ring is 1. The second-order valence-electron chi connectivity index (χ2n) is 13.6. The monoisotopic (exact) mass is 703 g/mol. The van der Waals surface area contributed by atoms with Gasteiger partial charge in [0.2, 0.25) is 12.0 Å². The minimum atomic E-state index is -5.25. The van der Waals surface area contributed by atoms with Crippen LogP contribution in [0.2, 0.25) is 0 Å². The first-order valence-electron chi connectivity index (χ1n) is 15.9. The van der Waals surface area contributed by atoms with Gasteiger partial charge in [-0.25, -0.2) is 18.2 Å². The maximum atomic E-state index is 16.8. The predicted octanol–water partition coefficient (Wildman–Crippen LogP) is 5.47. The Morgan fingerprint density at radius 3 is 2.59 bits per heavy atom. The SMILES string of the molecule is Cc1c(F)c(N)cc(-c2nc3c4c(nc(OC[C@@]56CCCN5C[C@H](F)C6)nc4c2F)N2C[C@H]4CC[C@H](N4)[C@@H]2[C@@H](C(F)(F)F)O3)c1C(F)(F)F. The Morgan fingerprint density at radius 1 is 1.08 bits per heavy atom. The van der Waals surface area contributed by atoms with Gasteiger partial charge in [0.25, 0.3) is 0 Å². The third-order valence-corrected chi connectivity index (χ3v) is 10.6. The summed E-state index contributed by atoms with van der Waals surface area (Å²) < 4.78 is 145. The Hall–Kier alpha value is -3.80. The van der Waals surface area contributed by atoms with Gasteiger partial charge in [-0.2, -0.15) is 36.3 Å². The zero-order valence-corrected chi connectivity index (χ0v) is 25.9. The van der Waals surface area contributed by atoms with Crippen molar-refractivity contribution in [1.29, 1.82) is 0 Å². The summed E-state index contributed by atoms with van der Waals surface area (Å²) in [6.45, 7) is 1.52. The molecule has 9 nitrogen and oxygen atoms in total. The van der Waals surface area contributed by atoms with E-state index in [1.807, 2.05) is 4.90 Å². The minimum Gasteiger partial charge on any atom is -0.462 e. The number of aromatic nitrogens is 3. The number of hydrogen-bond donors (Lipinski definition) is 2. The average molecular weight is 704 g/mol. The highest BCUT2D eigenvalue weighted by atomic mass is 19.4. The van der Waals surface area contributed by atoms with Crippen molar-refractivity contribution >= 4 is 22.4 Å². The van der Waals surface area contributed by atoms with Gasteiger partial charge in [-0.1, -0.05) is 0 Å². The smallest absolute Gasteiger partial charge is 0.427 e. The fourth-order valence-electron chi connectivity index (χ4n) is 8.55. The number of halogens is 9. The third kappa shape index (κ3) is 5.02. The van der Waals surface area contributed by atoms with E-state index in [9.17, 15) is 35.1 Å². The maximum Gasteiger partial charge on any atom is 0.427 e. The molecule has 2 aromatic heterocycles. The quantitative estimate of drug-likeness (QED) is 0.271.